The van der Waals surface area contributed by atoms with Gasteiger partial charge in [-0.05, 0) is 48.9 Å². The van der Waals surface area contributed by atoms with Gasteiger partial charge in [-0.1, -0.05) is 29.4 Å². The van der Waals surface area contributed by atoms with Crippen LogP contribution in [-0.2, 0) is 4.79 Å². The Balaban J connectivity index is 1.54. The number of halogens is 1. The fourth-order valence-electron chi connectivity index (χ4n) is 2.64. The highest BCUT2D eigenvalue weighted by molar-refractivity contribution is 7.99. The zero-order valence-electron chi connectivity index (χ0n) is 14.9. The number of nitrogens with zero attached hydrogens (tertiary/aromatic N) is 4. The molecule has 0 atom stereocenters. The van der Waals surface area contributed by atoms with Crippen molar-refractivity contribution >= 4 is 35.0 Å². The van der Waals surface area contributed by atoms with Crippen LogP contribution in [0.2, 0.25) is 5.02 Å². The fourth-order valence-corrected chi connectivity index (χ4v) is 3.55. The van der Waals surface area contributed by atoms with Crippen molar-refractivity contribution in [3.63, 3.8) is 0 Å². The van der Waals surface area contributed by atoms with Gasteiger partial charge < -0.3 is 9.73 Å². The first-order valence-electron chi connectivity index (χ1n) is 8.44. The van der Waals surface area contributed by atoms with Gasteiger partial charge in [-0.2, -0.15) is 0 Å². The second kappa shape index (κ2) is 7.95. The largest absolute Gasteiger partial charge is 0.461 e. The first kappa shape index (κ1) is 18.4. The zero-order chi connectivity index (χ0) is 19.5. The van der Waals surface area contributed by atoms with Gasteiger partial charge in [-0.25, -0.2) is 4.68 Å². The molecule has 4 rings (SSSR count). The minimum absolute atomic E-state index is 0.156. The van der Waals surface area contributed by atoms with Gasteiger partial charge in [0.25, 0.3) is 0 Å². The number of carbonyl (C=O) groups is 1. The number of benzene rings is 1. The minimum Gasteiger partial charge on any atom is -0.461 e. The molecule has 3 aromatic heterocycles. The quantitative estimate of drug-likeness (QED) is 0.475. The normalized spacial score (nSPS) is 10.9. The molecule has 0 aliphatic rings. The lowest BCUT2D eigenvalue weighted by atomic mass is 10.2. The molecule has 28 heavy (non-hydrogen) atoms. The van der Waals surface area contributed by atoms with Gasteiger partial charge >= 0.3 is 0 Å². The summed E-state index contributed by atoms with van der Waals surface area (Å²) in [4.78, 5) is 12.4. The molecule has 0 bridgehead atoms. The van der Waals surface area contributed by atoms with E-state index < -0.39 is 0 Å². The topological polar surface area (TPSA) is 77.9 Å². The Hall–Kier alpha value is -2.97. The predicted molar refractivity (Wildman–Crippen MR) is 108 cm³/mol. The van der Waals surface area contributed by atoms with Gasteiger partial charge in [-0.3, -0.25) is 9.47 Å². The summed E-state index contributed by atoms with van der Waals surface area (Å²) in [6.07, 6.45) is 5.32. The second-order valence-corrected chi connectivity index (χ2v) is 7.26. The number of carbonyl (C=O) groups excluding carboxylic acids is 1. The Morgan fingerprint density at radius 2 is 2.00 bits per heavy atom. The summed E-state index contributed by atoms with van der Waals surface area (Å²) >= 11 is 7.39. The molecule has 0 saturated carbocycles. The molecule has 142 valence electrons. The van der Waals surface area contributed by atoms with Crippen LogP contribution in [0.4, 0.5) is 5.69 Å². The molecule has 0 fully saturated rings. The maximum atomic E-state index is 12.4. The van der Waals surface area contributed by atoms with E-state index >= 15 is 0 Å². The van der Waals surface area contributed by atoms with Crippen LogP contribution in [0, 0.1) is 6.92 Å². The highest BCUT2D eigenvalue weighted by atomic mass is 35.5. The Kier molecular flexibility index (Phi) is 5.23. The number of nitrogens with one attached hydrogen (secondary N) is 1. The van der Waals surface area contributed by atoms with Gasteiger partial charge in [-0.15, -0.1) is 10.2 Å². The number of aromatic nitrogens is 4. The molecule has 1 amide bonds. The third-order valence-electron chi connectivity index (χ3n) is 4.05. The summed E-state index contributed by atoms with van der Waals surface area (Å²) in [5.74, 6) is 1.16. The number of anilines is 1. The SMILES string of the molecule is Cc1c(Cl)cccc1NC(=O)CSc1nnc(-c2ccco2)n1-n1cccc1. The molecule has 0 aliphatic heterocycles. The number of amides is 1. The van der Waals surface area contributed by atoms with Crippen LogP contribution in [0.1, 0.15) is 5.56 Å². The molecule has 9 heteroatoms. The van der Waals surface area contributed by atoms with Crippen molar-refractivity contribution < 1.29 is 9.21 Å². The third kappa shape index (κ3) is 3.69. The monoisotopic (exact) mass is 413 g/mol. The van der Waals surface area contributed by atoms with Crippen LogP contribution >= 0.6 is 23.4 Å². The predicted octanol–water partition coefficient (Wildman–Crippen LogP) is 4.34. The van der Waals surface area contributed by atoms with E-state index in [1.165, 1.54) is 11.8 Å². The highest BCUT2D eigenvalue weighted by Gasteiger charge is 2.19. The molecule has 0 spiro atoms. The summed E-state index contributed by atoms with van der Waals surface area (Å²) in [5, 5.41) is 12.5. The van der Waals surface area contributed by atoms with Crippen molar-refractivity contribution in [2.45, 2.75) is 12.1 Å². The van der Waals surface area contributed by atoms with Crippen molar-refractivity contribution in [3.8, 4) is 11.6 Å². The summed E-state index contributed by atoms with van der Waals surface area (Å²) in [6.45, 7) is 1.86. The summed E-state index contributed by atoms with van der Waals surface area (Å²) < 4.78 is 9.09. The Bertz CT molecular complexity index is 1090. The number of hydrogen-bond acceptors (Lipinski definition) is 5. The maximum Gasteiger partial charge on any atom is 0.234 e. The van der Waals surface area contributed by atoms with Crippen LogP contribution < -0.4 is 5.32 Å². The third-order valence-corrected chi connectivity index (χ3v) is 5.38. The van der Waals surface area contributed by atoms with E-state index in [0.717, 1.165) is 5.56 Å². The van der Waals surface area contributed by atoms with E-state index in [0.29, 0.717) is 27.5 Å². The maximum absolute atomic E-state index is 12.4. The molecule has 1 aromatic carbocycles. The Morgan fingerprint density at radius 1 is 1.18 bits per heavy atom. The first-order chi connectivity index (χ1) is 13.6. The van der Waals surface area contributed by atoms with E-state index in [-0.39, 0.29) is 11.7 Å². The van der Waals surface area contributed by atoms with Crippen LogP contribution in [0.5, 0.6) is 0 Å². The van der Waals surface area contributed by atoms with E-state index in [4.69, 9.17) is 16.0 Å². The number of furan rings is 1. The number of hydrogen-bond donors (Lipinski definition) is 1. The molecule has 7 nitrogen and oxygen atoms in total. The van der Waals surface area contributed by atoms with Crippen LogP contribution in [0.3, 0.4) is 0 Å². The van der Waals surface area contributed by atoms with Crippen LogP contribution in [-0.4, -0.2) is 31.2 Å². The van der Waals surface area contributed by atoms with Crippen LogP contribution in [0.15, 0.2) is 70.7 Å². The molecule has 3 heterocycles. The van der Waals surface area contributed by atoms with Crippen molar-refractivity contribution in [3.05, 3.63) is 71.7 Å². The number of thioether (sulfide) groups is 1. The summed E-state index contributed by atoms with van der Waals surface area (Å²) in [6, 6.07) is 12.8. The summed E-state index contributed by atoms with van der Waals surface area (Å²) in [7, 11) is 0. The molecular weight excluding hydrogens is 398 g/mol. The van der Waals surface area contributed by atoms with E-state index in [1.807, 2.05) is 48.3 Å². The van der Waals surface area contributed by atoms with Gasteiger partial charge in [0, 0.05) is 23.1 Å². The lowest BCUT2D eigenvalue weighted by molar-refractivity contribution is -0.113. The molecular formula is C19H16ClN5O2S. The van der Waals surface area contributed by atoms with Gasteiger partial charge in [0.05, 0.1) is 12.0 Å². The molecule has 0 unspecified atom stereocenters. The molecule has 0 aliphatic carbocycles. The standard InChI is InChI=1S/C19H16ClN5O2S/c1-13-14(20)6-4-7-15(13)21-17(26)12-28-19-23-22-18(16-8-5-11-27-16)25(19)24-9-2-3-10-24/h2-11H,12H2,1H3,(H,21,26). The summed E-state index contributed by atoms with van der Waals surface area (Å²) in [5.41, 5.74) is 1.53. The number of rotatable bonds is 6. The van der Waals surface area contributed by atoms with E-state index in [2.05, 4.69) is 15.5 Å². The van der Waals surface area contributed by atoms with Crippen molar-refractivity contribution in [1.29, 1.82) is 0 Å². The zero-order valence-corrected chi connectivity index (χ0v) is 16.4. The molecule has 0 radical (unpaired) electrons. The van der Waals surface area contributed by atoms with E-state index in [9.17, 15) is 4.79 Å². The van der Waals surface area contributed by atoms with Crippen LogP contribution in [0.25, 0.3) is 11.6 Å². The van der Waals surface area contributed by atoms with Gasteiger partial charge in [0.15, 0.2) is 5.76 Å². The molecule has 0 saturated heterocycles. The lowest BCUT2D eigenvalue weighted by Gasteiger charge is -2.11. The average molecular weight is 414 g/mol. The van der Waals surface area contributed by atoms with Gasteiger partial charge in [0.1, 0.15) is 0 Å². The average Bonchev–Trinajstić information content (AvgIpc) is 3.44. The van der Waals surface area contributed by atoms with Crippen molar-refractivity contribution in [2.75, 3.05) is 11.1 Å². The Morgan fingerprint density at radius 3 is 2.75 bits per heavy atom. The first-order valence-corrected chi connectivity index (χ1v) is 9.80. The minimum atomic E-state index is -0.156. The van der Waals surface area contributed by atoms with Crippen molar-refractivity contribution in [1.82, 2.24) is 19.5 Å². The highest BCUT2D eigenvalue weighted by Crippen LogP contribution is 2.26. The smallest absolute Gasteiger partial charge is 0.234 e. The van der Waals surface area contributed by atoms with E-state index in [1.54, 1.807) is 29.1 Å². The molecule has 4 aromatic rings. The molecule has 1 N–H and O–H groups in total. The van der Waals surface area contributed by atoms with Gasteiger partial charge in [0.2, 0.25) is 16.9 Å². The second-order valence-electron chi connectivity index (χ2n) is 5.91. The fraction of sp³-hybridized carbons (Fsp3) is 0.105. The Labute approximate surface area is 170 Å². The lowest BCUT2D eigenvalue weighted by Crippen LogP contribution is -2.16. The van der Waals surface area contributed by atoms with Crippen molar-refractivity contribution in [2.24, 2.45) is 0 Å².